The lowest BCUT2D eigenvalue weighted by molar-refractivity contribution is 0.0955. The summed E-state index contributed by atoms with van der Waals surface area (Å²) in [6.07, 6.45) is 0. The first-order chi connectivity index (χ1) is 10.6. The molecule has 0 bridgehead atoms. The van der Waals surface area contributed by atoms with E-state index in [4.69, 9.17) is 4.74 Å². The molecule has 23 heavy (non-hydrogen) atoms. The van der Waals surface area contributed by atoms with E-state index < -0.39 is 17.3 Å². The number of fused-ring (bicyclic) bond motifs is 1. The van der Waals surface area contributed by atoms with Crippen LogP contribution in [0.25, 0.3) is 10.9 Å². The van der Waals surface area contributed by atoms with Crippen LogP contribution in [0.4, 0.5) is 4.39 Å². The van der Waals surface area contributed by atoms with Gasteiger partial charge in [0.1, 0.15) is 5.82 Å². The maximum atomic E-state index is 13.4. The lowest BCUT2D eigenvalue weighted by Crippen LogP contribution is -2.33. The number of benzene rings is 1. The monoisotopic (exact) mass is 343 g/mol. The van der Waals surface area contributed by atoms with E-state index in [-0.39, 0.29) is 18.0 Å². The Morgan fingerprint density at radius 2 is 2.04 bits per heavy atom. The van der Waals surface area contributed by atoms with Crippen molar-refractivity contribution >= 4 is 29.2 Å². The number of methoxy groups -OCH3 is 1. The van der Waals surface area contributed by atoms with Gasteiger partial charge in [0.05, 0.1) is 12.2 Å². The number of halogens is 2. The molecule has 0 unspecified atom stereocenters. The molecule has 2 rings (SSSR count). The van der Waals surface area contributed by atoms with Crippen LogP contribution in [0.15, 0.2) is 29.1 Å². The molecule has 0 aliphatic heterocycles. The van der Waals surface area contributed by atoms with E-state index in [0.29, 0.717) is 37.1 Å². The summed E-state index contributed by atoms with van der Waals surface area (Å²) in [5, 5.41) is 6.16. The SMILES string of the molecule is COCCNCCNC(=O)c1cc(=O)[nH]c2ccc(F)cc12.Cl. The van der Waals surface area contributed by atoms with Crippen LogP contribution in [0.3, 0.4) is 0 Å². The molecule has 2 aromatic rings. The molecule has 1 aromatic heterocycles. The van der Waals surface area contributed by atoms with E-state index >= 15 is 0 Å². The van der Waals surface area contributed by atoms with Gasteiger partial charge < -0.3 is 20.4 Å². The second-order valence-electron chi connectivity index (χ2n) is 4.74. The van der Waals surface area contributed by atoms with E-state index in [1.54, 1.807) is 7.11 Å². The van der Waals surface area contributed by atoms with E-state index in [0.717, 1.165) is 0 Å². The highest BCUT2D eigenvalue weighted by atomic mass is 35.5. The lowest BCUT2D eigenvalue weighted by atomic mass is 10.1. The van der Waals surface area contributed by atoms with Crippen LogP contribution in [0, 0.1) is 5.82 Å². The zero-order valence-electron chi connectivity index (χ0n) is 12.6. The number of aromatic nitrogens is 1. The molecule has 126 valence electrons. The molecular formula is C15H19ClFN3O3. The first kappa shape index (κ1) is 19.1. The number of hydrogen-bond acceptors (Lipinski definition) is 4. The summed E-state index contributed by atoms with van der Waals surface area (Å²) in [7, 11) is 1.61. The van der Waals surface area contributed by atoms with Crippen molar-refractivity contribution in [2.24, 2.45) is 0 Å². The molecule has 1 heterocycles. The van der Waals surface area contributed by atoms with Crippen molar-refractivity contribution in [3.05, 3.63) is 46.0 Å². The Hall–Kier alpha value is -1.96. The maximum absolute atomic E-state index is 13.4. The minimum absolute atomic E-state index is 0. The van der Waals surface area contributed by atoms with E-state index in [1.165, 1.54) is 24.3 Å². The summed E-state index contributed by atoms with van der Waals surface area (Å²) >= 11 is 0. The van der Waals surface area contributed by atoms with Crippen molar-refractivity contribution in [1.29, 1.82) is 0 Å². The number of aromatic amines is 1. The van der Waals surface area contributed by atoms with Gasteiger partial charge in [-0.1, -0.05) is 0 Å². The Kier molecular flexibility index (Phi) is 7.67. The highest BCUT2D eigenvalue weighted by Gasteiger charge is 2.12. The van der Waals surface area contributed by atoms with Crippen LogP contribution in [-0.4, -0.2) is 44.2 Å². The highest BCUT2D eigenvalue weighted by Crippen LogP contribution is 2.16. The quantitative estimate of drug-likeness (QED) is 0.656. The Bertz CT molecular complexity index is 721. The fourth-order valence-electron chi connectivity index (χ4n) is 2.07. The van der Waals surface area contributed by atoms with Crippen LogP contribution in [-0.2, 0) is 4.74 Å². The zero-order chi connectivity index (χ0) is 15.9. The van der Waals surface area contributed by atoms with Crippen LogP contribution in [0.1, 0.15) is 10.4 Å². The van der Waals surface area contributed by atoms with Crippen LogP contribution in [0.5, 0.6) is 0 Å². The standard InChI is InChI=1S/C15H18FN3O3.ClH/c1-22-7-6-17-4-5-18-15(21)12-9-14(20)19-13-3-2-10(16)8-11(12)13;/h2-3,8-9,17H,4-7H2,1H3,(H,18,21)(H,19,20);1H. The number of hydrogen-bond donors (Lipinski definition) is 3. The summed E-state index contributed by atoms with van der Waals surface area (Å²) in [5.74, 6) is -0.870. The maximum Gasteiger partial charge on any atom is 0.252 e. The second kappa shape index (κ2) is 9.24. The van der Waals surface area contributed by atoms with Crippen LogP contribution >= 0.6 is 12.4 Å². The lowest BCUT2D eigenvalue weighted by Gasteiger charge is -2.08. The van der Waals surface area contributed by atoms with Gasteiger partial charge in [0.2, 0.25) is 5.56 Å². The number of amides is 1. The van der Waals surface area contributed by atoms with Crippen molar-refractivity contribution in [1.82, 2.24) is 15.6 Å². The molecule has 8 heteroatoms. The van der Waals surface area contributed by atoms with Gasteiger partial charge in [0, 0.05) is 43.7 Å². The Labute approximate surface area is 138 Å². The van der Waals surface area contributed by atoms with Gasteiger partial charge in [-0.05, 0) is 18.2 Å². The fourth-order valence-corrected chi connectivity index (χ4v) is 2.07. The Morgan fingerprint density at radius 1 is 1.26 bits per heavy atom. The minimum atomic E-state index is -0.463. The molecule has 0 saturated heterocycles. The first-order valence-electron chi connectivity index (χ1n) is 6.92. The number of pyridine rings is 1. The smallest absolute Gasteiger partial charge is 0.252 e. The highest BCUT2D eigenvalue weighted by molar-refractivity contribution is 6.05. The van der Waals surface area contributed by atoms with Crippen molar-refractivity contribution in [3.8, 4) is 0 Å². The zero-order valence-corrected chi connectivity index (χ0v) is 13.5. The number of carbonyl (C=O) groups is 1. The molecule has 0 spiro atoms. The molecule has 3 N–H and O–H groups in total. The van der Waals surface area contributed by atoms with Crippen molar-refractivity contribution in [2.75, 3.05) is 33.4 Å². The topological polar surface area (TPSA) is 83.2 Å². The first-order valence-corrected chi connectivity index (χ1v) is 6.92. The summed E-state index contributed by atoms with van der Waals surface area (Å²) in [5.41, 5.74) is 0.190. The molecule has 0 aliphatic rings. The number of H-pyrrole nitrogens is 1. The van der Waals surface area contributed by atoms with Gasteiger partial charge in [-0.25, -0.2) is 4.39 Å². The van der Waals surface area contributed by atoms with Crippen molar-refractivity contribution in [3.63, 3.8) is 0 Å². The second-order valence-corrected chi connectivity index (χ2v) is 4.74. The third kappa shape index (κ3) is 5.31. The Morgan fingerprint density at radius 3 is 2.78 bits per heavy atom. The minimum Gasteiger partial charge on any atom is -0.383 e. The number of ether oxygens (including phenoxy) is 1. The summed E-state index contributed by atoms with van der Waals surface area (Å²) in [6, 6.07) is 5.08. The number of carbonyl (C=O) groups excluding carboxylic acids is 1. The van der Waals surface area contributed by atoms with Gasteiger partial charge in [-0.15, -0.1) is 12.4 Å². The summed E-state index contributed by atoms with van der Waals surface area (Å²) in [6.45, 7) is 2.24. The van der Waals surface area contributed by atoms with Gasteiger partial charge in [0.25, 0.3) is 5.91 Å². The van der Waals surface area contributed by atoms with Gasteiger partial charge in [-0.3, -0.25) is 9.59 Å². The molecule has 0 saturated carbocycles. The normalized spacial score (nSPS) is 10.3. The predicted molar refractivity (Wildman–Crippen MR) is 88.9 cm³/mol. The largest absolute Gasteiger partial charge is 0.383 e. The molecule has 1 amide bonds. The summed E-state index contributed by atoms with van der Waals surface area (Å²) in [4.78, 5) is 26.3. The van der Waals surface area contributed by atoms with E-state index in [9.17, 15) is 14.0 Å². The van der Waals surface area contributed by atoms with Crippen LogP contribution < -0.4 is 16.2 Å². The Balaban J connectivity index is 0.00000264. The van der Waals surface area contributed by atoms with Crippen molar-refractivity contribution in [2.45, 2.75) is 0 Å². The third-order valence-corrected chi connectivity index (χ3v) is 3.12. The number of nitrogens with one attached hydrogen (secondary N) is 3. The fraction of sp³-hybridized carbons (Fsp3) is 0.333. The molecular weight excluding hydrogens is 325 g/mol. The summed E-state index contributed by atoms with van der Waals surface area (Å²) < 4.78 is 18.2. The molecule has 0 atom stereocenters. The molecule has 0 aliphatic carbocycles. The van der Waals surface area contributed by atoms with E-state index in [1.807, 2.05) is 0 Å². The average molecular weight is 344 g/mol. The van der Waals surface area contributed by atoms with Crippen LogP contribution in [0.2, 0.25) is 0 Å². The van der Waals surface area contributed by atoms with Gasteiger partial charge in [0.15, 0.2) is 0 Å². The van der Waals surface area contributed by atoms with Crippen molar-refractivity contribution < 1.29 is 13.9 Å². The van der Waals surface area contributed by atoms with Gasteiger partial charge >= 0.3 is 0 Å². The molecule has 0 fully saturated rings. The number of rotatable bonds is 7. The van der Waals surface area contributed by atoms with E-state index in [2.05, 4.69) is 15.6 Å². The van der Waals surface area contributed by atoms with Gasteiger partial charge in [-0.2, -0.15) is 0 Å². The molecule has 6 nitrogen and oxygen atoms in total. The average Bonchev–Trinajstić information content (AvgIpc) is 2.50. The predicted octanol–water partition coefficient (Wildman–Crippen LogP) is 1.05. The molecule has 1 aromatic carbocycles. The third-order valence-electron chi connectivity index (χ3n) is 3.12. The molecule has 0 radical (unpaired) electrons.